The van der Waals surface area contributed by atoms with Gasteiger partial charge in [-0.25, -0.2) is 0 Å². The molecule has 0 saturated heterocycles. The van der Waals surface area contributed by atoms with Crippen molar-refractivity contribution in [2.75, 3.05) is 18.4 Å². The number of anilines is 1. The number of benzene rings is 1. The molecule has 1 aliphatic carbocycles. The fourth-order valence-corrected chi connectivity index (χ4v) is 2.14. The van der Waals surface area contributed by atoms with Gasteiger partial charge < -0.3 is 16.4 Å². The second kappa shape index (κ2) is 5.63. The summed E-state index contributed by atoms with van der Waals surface area (Å²) < 4.78 is 0. The third-order valence-corrected chi connectivity index (χ3v) is 3.80. The van der Waals surface area contributed by atoms with E-state index in [4.69, 9.17) is 5.73 Å². The Bertz CT molecular complexity index is 536. The molecular weight excluding hydrogens is 254 g/mol. The molecule has 0 aliphatic heterocycles. The monoisotopic (exact) mass is 275 g/mol. The zero-order valence-electron chi connectivity index (χ0n) is 12.0. The van der Waals surface area contributed by atoms with Gasteiger partial charge in [-0.15, -0.1) is 0 Å². The number of nitrogens with one attached hydrogen (secondary N) is 2. The Morgan fingerprint density at radius 1 is 1.35 bits per heavy atom. The van der Waals surface area contributed by atoms with Gasteiger partial charge in [-0.3, -0.25) is 9.59 Å². The van der Waals surface area contributed by atoms with E-state index in [1.165, 1.54) is 0 Å². The van der Waals surface area contributed by atoms with E-state index < -0.39 is 0 Å². The third kappa shape index (κ3) is 2.82. The van der Waals surface area contributed by atoms with Crippen LogP contribution in [0, 0.1) is 12.3 Å². The van der Waals surface area contributed by atoms with Gasteiger partial charge in [0.05, 0.1) is 5.41 Å². The summed E-state index contributed by atoms with van der Waals surface area (Å²) in [5.74, 6) is -0.122. The molecule has 0 radical (unpaired) electrons. The first-order valence-corrected chi connectivity index (χ1v) is 6.93. The topological polar surface area (TPSA) is 84.2 Å². The Hall–Kier alpha value is -1.88. The first-order chi connectivity index (χ1) is 9.52. The second-order valence-corrected chi connectivity index (χ2v) is 5.33. The number of rotatable bonds is 5. The molecule has 2 rings (SSSR count). The summed E-state index contributed by atoms with van der Waals surface area (Å²) in [7, 11) is 0. The molecule has 0 aromatic heterocycles. The molecule has 0 atom stereocenters. The van der Waals surface area contributed by atoms with Crippen molar-refractivity contribution in [1.29, 1.82) is 0 Å². The number of aryl methyl sites for hydroxylation is 1. The molecule has 1 aliphatic rings. The van der Waals surface area contributed by atoms with E-state index in [1.54, 1.807) is 18.2 Å². The van der Waals surface area contributed by atoms with Crippen molar-refractivity contribution >= 4 is 17.5 Å². The quantitative estimate of drug-likeness (QED) is 0.760. The van der Waals surface area contributed by atoms with Crippen molar-refractivity contribution < 1.29 is 9.59 Å². The van der Waals surface area contributed by atoms with E-state index in [2.05, 4.69) is 10.6 Å². The van der Waals surface area contributed by atoms with E-state index in [-0.39, 0.29) is 17.2 Å². The van der Waals surface area contributed by atoms with E-state index >= 15 is 0 Å². The van der Waals surface area contributed by atoms with Gasteiger partial charge >= 0.3 is 0 Å². The average Bonchev–Trinajstić information content (AvgIpc) is 3.22. The van der Waals surface area contributed by atoms with Gasteiger partial charge in [0.25, 0.3) is 5.91 Å². The van der Waals surface area contributed by atoms with Crippen LogP contribution in [0.25, 0.3) is 0 Å². The summed E-state index contributed by atoms with van der Waals surface area (Å²) in [6, 6.07) is 5.27. The lowest BCUT2D eigenvalue weighted by Gasteiger charge is -2.15. The number of hydrogen-bond donors (Lipinski definition) is 3. The van der Waals surface area contributed by atoms with Gasteiger partial charge in [0, 0.05) is 24.3 Å². The van der Waals surface area contributed by atoms with Crippen LogP contribution < -0.4 is 16.4 Å². The van der Waals surface area contributed by atoms with Crippen LogP contribution in [-0.2, 0) is 4.79 Å². The van der Waals surface area contributed by atoms with Crippen molar-refractivity contribution in [2.24, 2.45) is 11.1 Å². The SMILES string of the molecule is CCNC(=O)c1ccc(NC(=O)C2(CN)CC2)c(C)c1. The number of carbonyl (C=O) groups excluding carboxylic acids is 2. The van der Waals surface area contributed by atoms with Gasteiger partial charge in [0.15, 0.2) is 0 Å². The van der Waals surface area contributed by atoms with Crippen LogP contribution in [0.15, 0.2) is 18.2 Å². The maximum Gasteiger partial charge on any atom is 0.251 e. The first-order valence-electron chi connectivity index (χ1n) is 6.93. The summed E-state index contributed by atoms with van der Waals surface area (Å²) in [6.45, 7) is 4.73. The lowest BCUT2D eigenvalue weighted by Crippen LogP contribution is -2.31. The average molecular weight is 275 g/mol. The maximum absolute atomic E-state index is 12.1. The van der Waals surface area contributed by atoms with Crippen molar-refractivity contribution in [3.05, 3.63) is 29.3 Å². The van der Waals surface area contributed by atoms with Gasteiger partial charge in [-0.1, -0.05) is 0 Å². The fourth-order valence-electron chi connectivity index (χ4n) is 2.14. The van der Waals surface area contributed by atoms with Crippen LogP contribution >= 0.6 is 0 Å². The van der Waals surface area contributed by atoms with Crippen LogP contribution in [0.3, 0.4) is 0 Å². The minimum atomic E-state index is -0.370. The minimum Gasteiger partial charge on any atom is -0.352 e. The lowest BCUT2D eigenvalue weighted by molar-refractivity contribution is -0.120. The molecule has 0 bridgehead atoms. The molecular formula is C15H21N3O2. The van der Waals surface area contributed by atoms with Gasteiger partial charge in [0.1, 0.15) is 0 Å². The molecule has 5 nitrogen and oxygen atoms in total. The highest BCUT2D eigenvalue weighted by Gasteiger charge is 2.48. The largest absolute Gasteiger partial charge is 0.352 e. The van der Waals surface area contributed by atoms with E-state index in [1.807, 2.05) is 13.8 Å². The highest BCUT2D eigenvalue weighted by molar-refractivity contribution is 5.99. The second-order valence-electron chi connectivity index (χ2n) is 5.33. The molecule has 1 saturated carbocycles. The molecule has 5 heteroatoms. The number of nitrogens with two attached hydrogens (primary N) is 1. The molecule has 0 spiro atoms. The molecule has 4 N–H and O–H groups in total. The van der Waals surface area contributed by atoms with Crippen LogP contribution in [0.1, 0.15) is 35.7 Å². The molecule has 2 amide bonds. The Kier molecular flexibility index (Phi) is 4.09. The van der Waals surface area contributed by atoms with Crippen molar-refractivity contribution in [3.63, 3.8) is 0 Å². The zero-order valence-corrected chi connectivity index (χ0v) is 12.0. The van der Waals surface area contributed by atoms with Gasteiger partial charge in [-0.05, 0) is 50.5 Å². The smallest absolute Gasteiger partial charge is 0.251 e. The van der Waals surface area contributed by atoms with E-state index in [9.17, 15) is 9.59 Å². The lowest BCUT2D eigenvalue weighted by atomic mass is 10.1. The molecule has 108 valence electrons. The third-order valence-electron chi connectivity index (χ3n) is 3.80. The van der Waals surface area contributed by atoms with Crippen LogP contribution in [-0.4, -0.2) is 24.9 Å². The first kappa shape index (κ1) is 14.5. The number of amides is 2. The standard InChI is InChI=1S/C15H21N3O2/c1-3-17-13(19)11-4-5-12(10(2)8-11)18-14(20)15(9-16)6-7-15/h4-5,8H,3,6-7,9,16H2,1-2H3,(H,17,19)(H,18,20). The van der Waals surface area contributed by atoms with Crippen LogP contribution in [0.5, 0.6) is 0 Å². The summed E-state index contributed by atoms with van der Waals surface area (Å²) in [4.78, 5) is 23.9. The van der Waals surface area contributed by atoms with Crippen molar-refractivity contribution in [1.82, 2.24) is 5.32 Å². The molecule has 0 heterocycles. The zero-order chi connectivity index (χ0) is 14.8. The Morgan fingerprint density at radius 2 is 2.05 bits per heavy atom. The maximum atomic E-state index is 12.1. The van der Waals surface area contributed by atoms with Crippen LogP contribution in [0.2, 0.25) is 0 Å². The molecule has 20 heavy (non-hydrogen) atoms. The van der Waals surface area contributed by atoms with Crippen LogP contribution in [0.4, 0.5) is 5.69 Å². The summed E-state index contributed by atoms with van der Waals surface area (Å²) in [5, 5.41) is 5.66. The van der Waals surface area contributed by atoms with E-state index in [0.717, 1.165) is 24.1 Å². The predicted molar refractivity (Wildman–Crippen MR) is 78.5 cm³/mol. The van der Waals surface area contributed by atoms with Gasteiger partial charge in [0.2, 0.25) is 5.91 Å². The summed E-state index contributed by atoms with van der Waals surface area (Å²) in [6.07, 6.45) is 1.71. The number of carbonyl (C=O) groups is 2. The highest BCUT2D eigenvalue weighted by Crippen LogP contribution is 2.45. The summed E-state index contributed by atoms with van der Waals surface area (Å²) >= 11 is 0. The predicted octanol–water partition coefficient (Wildman–Crippen LogP) is 1.42. The normalized spacial score (nSPS) is 15.6. The molecule has 1 aromatic carbocycles. The minimum absolute atomic E-state index is 0.0196. The molecule has 1 fully saturated rings. The summed E-state index contributed by atoms with van der Waals surface area (Å²) in [5.41, 5.74) is 7.48. The Balaban J connectivity index is 2.10. The van der Waals surface area contributed by atoms with Crippen molar-refractivity contribution in [3.8, 4) is 0 Å². The van der Waals surface area contributed by atoms with E-state index in [0.29, 0.717) is 18.7 Å². The number of hydrogen-bond acceptors (Lipinski definition) is 3. The van der Waals surface area contributed by atoms with Gasteiger partial charge in [-0.2, -0.15) is 0 Å². The Labute approximate surface area is 118 Å². The fraction of sp³-hybridized carbons (Fsp3) is 0.467. The van der Waals surface area contributed by atoms with Crippen molar-refractivity contribution in [2.45, 2.75) is 26.7 Å². The Morgan fingerprint density at radius 3 is 2.55 bits per heavy atom. The molecule has 1 aromatic rings. The molecule has 0 unspecified atom stereocenters. The highest BCUT2D eigenvalue weighted by atomic mass is 16.2.